The van der Waals surface area contributed by atoms with Crippen molar-refractivity contribution in [2.45, 2.75) is 6.92 Å². The van der Waals surface area contributed by atoms with E-state index in [9.17, 15) is 9.50 Å². The molecule has 0 aromatic heterocycles. The highest BCUT2D eigenvalue weighted by molar-refractivity contribution is 5.92. The number of nitrogens with zero attached hydrogens (tertiary/aromatic N) is 1. The summed E-state index contributed by atoms with van der Waals surface area (Å²) in [5, 5.41) is 19.5. The maximum absolute atomic E-state index is 13.3. The molecule has 1 N–H and O–H groups in total. The maximum Gasteiger partial charge on any atom is 0.141 e. The summed E-state index contributed by atoms with van der Waals surface area (Å²) in [7, 11) is 0. The fourth-order valence-corrected chi connectivity index (χ4v) is 1.74. The van der Waals surface area contributed by atoms with Crippen molar-refractivity contribution in [1.82, 2.24) is 0 Å². The Hall–Kier alpha value is -2.08. The minimum atomic E-state index is -0.529. The number of aryl methyl sites for hydroxylation is 1. The normalized spacial score (nSPS) is 10.2. The molecule has 0 atom stereocenters. The van der Waals surface area contributed by atoms with Crippen molar-refractivity contribution in [2.75, 3.05) is 0 Å². The average molecular weight is 201 g/mol. The number of hydrogen-bond acceptors (Lipinski definition) is 2. The molecule has 0 unspecified atom stereocenters. The van der Waals surface area contributed by atoms with Crippen LogP contribution in [-0.2, 0) is 0 Å². The zero-order valence-electron chi connectivity index (χ0n) is 8.08. The summed E-state index contributed by atoms with van der Waals surface area (Å²) < 4.78 is 13.3. The predicted octanol–water partition coefficient (Wildman–Crippen LogP) is 2.86. The number of fused-ring (bicyclic) bond motifs is 1. The van der Waals surface area contributed by atoms with E-state index >= 15 is 0 Å². The molecule has 15 heavy (non-hydrogen) atoms. The largest absolute Gasteiger partial charge is 0.508 e. The van der Waals surface area contributed by atoms with Gasteiger partial charge in [0.2, 0.25) is 0 Å². The summed E-state index contributed by atoms with van der Waals surface area (Å²) in [6.45, 7) is 1.74. The van der Waals surface area contributed by atoms with Crippen LogP contribution < -0.4 is 0 Å². The minimum absolute atomic E-state index is 0.0324. The highest BCUT2D eigenvalue weighted by Gasteiger charge is 2.09. The molecule has 3 heteroatoms. The SMILES string of the molecule is Cc1cc(O)cc2ccc(F)c(C#N)c12. The zero-order valence-corrected chi connectivity index (χ0v) is 8.08. The first-order chi connectivity index (χ1) is 7.13. The van der Waals surface area contributed by atoms with Gasteiger partial charge in [-0.15, -0.1) is 0 Å². The fraction of sp³-hybridized carbons (Fsp3) is 0.0833. The van der Waals surface area contributed by atoms with Gasteiger partial charge in [-0.05, 0) is 36.1 Å². The second kappa shape index (κ2) is 3.25. The van der Waals surface area contributed by atoms with Crippen LogP contribution in [0.4, 0.5) is 4.39 Å². The van der Waals surface area contributed by atoms with Gasteiger partial charge in [0.15, 0.2) is 0 Å². The van der Waals surface area contributed by atoms with Gasteiger partial charge in [0.05, 0.1) is 5.56 Å². The van der Waals surface area contributed by atoms with Gasteiger partial charge in [-0.25, -0.2) is 4.39 Å². The number of rotatable bonds is 0. The predicted molar refractivity (Wildman–Crippen MR) is 55.0 cm³/mol. The van der Waals surface area contributed by atoms with Crippen LogP contribution in [0.15, 0.2) is 24.3 Å². The molecule has 0 aliphatic rings. The van der Waals surface area contributed by atoms with Gasteiger partial charge in [-0.3, -0.25) is 0 Å². The van der Waals surface area contributed by atoms with Gasteiger partial charge in [0, 0.05) is 5.39 Å². The van der Waals surface area contributed by atoms with Crippen molar-refractivity contribution in [2.24, 2.45) is 0 Å². The molecule has 0 saturated heterocycles. The monoisotopic (exact) mass is 201 g/mol. The van der Waals surface area contributed by atoms with E-state index in [0.717, 1.165) is 0 Å². The van der Waals surface area contributed by atoms with Gasteiger partial charge in [-0.1, -0.05) is 6.07 Å². The molecule has 0 aliphatic heterocycles. The summed E-state index contributed by atoms with van der Waals surface area (Å²) in [4.78, 5) is 0. The summed E-state index contributed by atoms with van der Waals surface area (Å²) in [6.07, 6.45) is 0. The molecule has 2 aromatic rings. The van der Waals surface area contributed by atoms with Gasteiger partial charge >= 0.3 is 0 Å². The Bertz CT molecular complexity index is 584. The smallest absolute Gasteiger partial charge is 0.141 e. The third-order valence-electron chi connectivity index (χ3n) is 2.36. The Morgan fingerprint density at radius 2 is 2.07 bits per heavy atom. The fourth-order valence-electron chi connectivity index (χ4n) is 1.74. The maximum atomic E-state index is 13.3. The first-order valence-corrected chi connectivity index (χ1v) is 4.45. The Balaban J connectivity index is 3.00. The topological polar surface area (TPSA) is 44.0 Å². The first kappa shape index (κ1) is 9.47. The minimum Gasteiger partial charge on any atom is -0.508 e. The van der Waals surface area contributed by atoms with Gasteiger partial charge in [-0.2, -0.15) is 5.26 Å². The Morgan fingerprint density at radius 1 is 1.33 bits per heavy atom. The van der Waals surface area contributed by atoms with Crippen LogP contribution in [0.1, 0.15) is 11.1 Å². The molecule has 0 bridgehead atoms. The Kier molecular flexibility index (Phi) is 2.05. The van der Waals surface area contributed by atoms with Crippen molar-refractivity contribution >= 4 is 10.8 Å². The van der Waals surface area contributed by atoms with Crippen LogP contribution in [0.3, 0.4) is 0 Å². The molecular formula is C12H8FNO. The molecule has 0 heterocycles. The van der Waals surface area contributed by atoms with Crippen molar-refractivity contribution in [3.63, 3.8) is 0 Å². The number of benzene rings is 2. The Morgan fingerprint density at radius 3 is 2.73 bits per heavy atom. The molecule has 0 amide bonds. The molecular weight excluding hydrogens is 193 g/mol. The van der Waals surface area contributed by atoms with Crippen molar-refractivity contribution in [3.8, 4) is 11.8 Å². The lowest BCUT2D eigenvalue weighted by molar-refractivity contribution is 0.476. The molecule has 74 valence electrons. The summed E-state index contributed by atoms with van der Waals surface area (Å²) in [5.41, 5.74) is 0.728. The lowest BCUT2D eigenvalue weighted by Crippen LogP contribution is -1.89. The molecule has 0 fully saturated rings. The standard InChI is InChI=1S/C12H8FNO/c1-7-4-9(15)5-8-2-3-11(13)10(6-14)12(7)8/h2-5,15H,1H3. The average Bonchev–Trinajstić information content (AvgIpc) is 2.18. The van der Waals surface area contributed by atoms with E-state index in [0.29, 0.717) is 16.3 Å². The number of phenolic OH excluding ortho intramolecular Hbond substituents is 1. The Labute approximate surface area is 86.2 Å². The zero-order chi connectivity index (χ0) is 11.0. The molecule has 2 aromatic carbocycles. The van der Waals surface area contributed by atoms with Crippen LogP contribution in [-0.4, -0.2) is 5.11 Å². The van der Waals surface area contributed by atoms with E-state index in [1.54, 1.807) is 13.0 Å². The molecule has 0 saturated carbocycles. The third kappa shape index (κ3) is 1.40. The van der Waals surface area contributed by atoms with Crippen LogP contribution in [0.2, 0.25) is 0 Å². The number of nitriles is 1. The van der Waals surface area contributed by atoms with E-state index in [2.05, 4.69) is 0 Å². The van der Waals surface area contributed by atoms with E-state index < -0.39 is 5.82 Å². The second-order valence-corrected chi connectivity index (χ2v) is 3.39. The molecule has 2 nitrogen and oxygen atoms in total. The lowest BCUT2D eigenvalue weighted by atomic mass is 10.00. The summed E-state index contributed by atoms with van der Waals surface area (Å²) in [6, 6.07) is 7.66. The number of halogens is 1. The van der Waals surface area contributed by atoms with E-state index in [-0.39, 0.29) is 11.3 Å². The van der Waals surface area contributed by atoms with Crippen LogP contribution >= 0.6 is 0 Å². The van der Waals surface area contributed by atoms with Crippen LogP contribution in [0, 0.1) is 24.1 Å². The first-order valence-electron chi connectivity index (χ1n) is 4.45. The number of hydrogen-bond donors (Lipinski definition) is 1. The van der Waals surface area contributed by atoms with Gasteiger partial charge < -0.3 is 5.11 Å². The van der Waals surface area contributed by atoms with Crippen molar-refractivity contribution in [1.29, 1.82) is 5.26 Å². The van der Waals surface area contributed by atoms with Crippen molar-refractivity contribution in [3.05, 3.63) is 41.2 Å². The third-order valence-corrected chi connectivity index (χ3v) is 2.36. The molecule has 0 aliphatic carbocycles. The summed E-state index contributed by atoms with van der Waals surface area (Å²) >= 11 is 0. The summed E-state index contributed by atoms with van der Waals surface area (Å²) in [5.74, 6) is -0.408. The van der Waals surface area contributed by atoms with Crippen molar-refractivity contribution < 1.29 is 9.50 Å². The molecule has 0 radical (unpaired) electrons. The highest BCUT2D eigenvalue weighted by atomic mass is 19.1. The number of phenols is 1. The number of aromatic hydroxyl groups is 1. The van der Waals surface area contributed by atoms with Crippen LogP contribution in [0.5, 0.6) is 5.75 Å². The van der Waals surface area contributed by atoms with E-state index in [1.165, 1.54) is 18.2 Å². The van der Waals surface area contributed by atoms with E-state index in [1.807, 2.05) is 6.07 Å². The van der Waals surface area contributed by atoms with E-state index in [4.69, 9.17) is 5.26 Å². The molecule has 0 spiro atoms. The van der Waals surface area contributed by atoms with Gasteiger partial charge in [0.25, 0.3) is 0 Å². The van der Waals surface area contributed by atoms with Gasteiger partial charge in [0.1, 0.15) is 17.6 Å². The lowest BCUT2D eigenvalue weighted by Gasteiger charge is -2.05. The quantitative estimate of drug-likeness (QED) is 0.712. The molecule has 2 rings (SSSR count). The highest BCUT2D eigenvalue weighted by Crippen LogP contribution is 2.28. The van der Waals surface area contributed by atoms with Crippen LogP contribution in [0.25, 0.3) is 10.8 Å². The second-order valence-electron chi connectivity index (χ2n) is 3.39.